The average molecular weight is 263 g/mol. The van der Waals surface area contributed by atoms with Gasteiger partial charge >= 0.3 is 0 Å². The van der Waals surface area contributed by atoms with Crippen molar-refractivity contribution < 1.29 is 0 Å². The third-order valence-electron chi connectivity index (χ3n) is 5.34. The molecule has 18 heavy (non-hydrogen) atoms. The summed E-state index contributed by atoms with van der Waals surface area (Å²) in [7, 11) is 0. The fraction of sp³-hybridized carbons (Fsp3) is 0.812. The molecule has 2 aliphatic rings. The molecule has 0 spiro atoms. The molecule has 0 amide bonds. The second-order valence-corrected chi connectivity index (χ2v) is 6.95. The minimum Gasteiger partial charge on any atom is -0.229 e. The molecular weight excluding hydrogens is 238 g/mol. The van der Waals surface area contributed by atoms with Gasteiger partial charge in [-0.2, -0.15) is 0 Å². The van der Waals surface area contributed by atoms with Crippen molar-refractivity contribution in [2.75, 3.05) is 0 Å². The minimum absolute atomic E-state index is 0.304. The predicted octanol–water partition coefficient (Wildman–Crippen LogP) is 4.89. The Kier molecular flexibility index (Phi) is 4.08. The van der Waals surface area contributed by atoms with Crippen molar-refractivity contribution in [2.24, 2.45) is 28.2 Å². The van der Waals surface area contributed by atoms with Gasteiger partial charge in [-0.15, -0.1) is 0 Å². The molecule has 4 atom stereocenters. The lowest BCUT2D eigenvalue weighted by atomic mass is 9.70. The number of aliphatic imine (C=N–C) groups is 1. The normalized spacial score (nSPS) is 39.8. The van der Waals surface area contributed by atoms with E-state index in [1.165, 1.54) is 19.3 Å². The zero-order chi connectivity index (χ0) is 13.3. The van der Waals surface area contributed by atoms with Crippen molar-refractivity contribution in [3.8, 4) is 0 Å². The first-order valence-corrected chi connectivity index (χ1v) is 7.64. The Labute approximate surface area is 117 Å². The van der Waals surface area contributed by atoms with Crippen LogP contribution in [0.25, 0.3) is 0 Å². The molecule has 0 bridgehead atoms. The summed E-state index contributed by atoms with van der Waals surface area (Å²) < 4.78 is 0. The summed E-state index contributed by atoms with van der Waals surface area (Å²) >= 11 is 4.86. The molecule has 1 fully saturated rings. The highest BCUT2D eigenvalue weighted by molar-refractivity contribution is 7.78. The lowest BCUT2D eigenvalue weighted by Gasteiger charge is -2.36. The Morgan fingerprint density at radius 2 is 2.17 bits per heavy atom. The molecular formula is C16H25NS. The van der Waals surface area contributed by atoms with Crippen LogP contribution >= 0.6 is 12.2 Å². The van der Waals surface area contributed by atoms with Crippen LogP contribution in [-0.4, -0.2) is 11.2 Å². The summed E-state index contributed by atoms with van der Waals surface area (Å²) in [4.78, 5) is 4.52. The van der Waals surface area contributed by atoms with Crippen LogP contribution in [-0.2, 0) is 0 Å². The lowest BCUT2D eigenvalue weighted by molar-refractivity contribution is 0.174. The van der Waals surface area contributed by atoms with E-state index >= 15 is 0 Å². The van der Waals surface area contributed by atoms with Gasteiger partial charge in [-0.25, -0.2) is 4.99 Å². The molecule has 0 aromatic carbocycles. The van der Waals surface area contributed by atoms with Gasteiger partial charge in [-0.3, -0.25) is 0 Å². The van der Waals surface area contributed by atoms with Crippen LogP contribution in [0.4, 0.5) is 0 Å². The van der Waals surface area contributed by atoms with Gasteiger partial charge in [0.15, 0.2) is 0 Å². The van der Waals surface area contributed by atoms with Gasteiger partial charge < -0.3 is 0 Å². The predicted molar refractivity (Wildman–Crippen MR) is 81.0 cm³/mol. The van der Waals surface area contributed by atoms with Gasteiger partial charge in [-0.05, 0) is 68.0 Å². The van der Waals surface area contributed by atoms with Crippen molar-refractivity contribution in [1.29, 1.82) is 0 Å². The molecule has 2 heteroatoms. The first-order valence-electron chi connectivity index (χ1n) is 7.23. The number of rotatable bonds is 2. The molecule has 0 saturated heterocycles. The number of thiocarbonyl (C=S) groups is 1. The molecule has 100 valence electrons. The summed E-state index contributed by atoms with van der Waals surface area (Å²) in [5, 5.41) is 2.65. The zero-order valence-corrected chi connectivity index (χ0v) is 12.9. The van der Waals surface area contributed by atoms with E-state index in [0.29, 0.717) is 17.4 Å². The largest absolute Gasteiger partial charge is 0.229 e. The van der Waals surface area contributed by atoms with Gasteiger partial charge in [0.25, 0.3) is 0 Å². The van der Waals surface area contributed by atoms with E-state index in [0.717, 1.165) is 18.3 Å². The summed E-state index contributed by atoms with van der Waals surface area (Å²) in [5.41, 5.74) is 1.85. The van der Waals surface area contributed by atoms with E-state index in [-0.39, 0.29) is 0 Å². The van der Waals surface area contributed by atoms with Gasteiger partial charge in [0.05, 0.1) is 11.2 Å². The standard InChI is InChI=1S/C16H25NS/c1-11(2)13-7-8-16(4)14(13)9-12(3)5-6-15(16)17-10-18/h9,11,13-15H,5-8H2,1-4H3/t13-,14-,15-,16-/m0/s1. The molecule has 0 radical (unpaired) electrons. The van der Waals surface area contributed by atoms with E-state index in [9.17, 15) is 0 Å². The molecule has 0 aromatic heterocycles. The topological polar surface area (TPSA) is 12.4 Å². The van der Waals surface area contributed by atoms with Crippen molar-refractivity contribution in [1.82, 2.24) is 0 Å². The minimum atomic E-state index is 0.304. The molecule has 0 aliphatic heterocycles. The molecule has 1 nitrogen and oxygen atoms in total. The number of hydrogen-bond donors (Lipinski definition) is 0. The van der Waals surface area contributed by atoms with Crippen LogP contribution < -0.4 is 0 Å². The van der Waals surface area contributed by atoms with Crippen LogP contribution in [0.5, 0.6) is 0 Å². The number of hydrogen-bond acceptors (Lipinski definition) is 2. The van der Waals surface area contributed by atoms with Gasteiger partial charge in [0.1, 0.15) is 0 Å². The summed E-state index contributed by atoms with van der Waals surface area (Å²) in [5.74, 6) is 2.25. The quantitative estimate of drug-likeness (QED) is 0.393. The Bertz CT molecular complexity index is 392. The van der Waals surface area contributed by atoms with E-state index in [4.69, 9.17) is 12.2 Å². The van der Waals surface area contributed by atoms with Crippen LogP contribution in [0.3, 0.4) is 0 Å². The SMILES string of the molecule is CC1=C[C@H]2[C@H](C(C)C)CC[C@]2(C)[C@@H](N=C=S)CC1. The van der Waals surface area contributed by atoms with E-state index < -0.39 is 0 Å². The maximum Gasteiger partial charge on any atom is 0.0665 e. The number of isothiocyanates is 1. The lowest BCUT2D eigenvalue weighted by Crippen LogP contribution is -2.35. The summed E-state index contributed by atoms with van der Waals surface area (Å²) in [6.45, 7) is 9.43. The fourth-order valence-corrected chi connectivity index (χ4v) is 4.25. The van der Waals surface area contributed by atoms with Crippen molar-refractivity contribution in [2.45, 2.75) is 59.4 Å². The number of nitrogens with zero attached hydrogens (tertiary/aromatic N) is 1. The average Bonchev–Trinajstić information content (AvgIpc) is 2.58. The zero-order valence-electron chi connectivity index (χ0n) is 12.1. The van der Waals surface area contributed by atoms with Gasteiger partial charge in [0.2, 0.25) is 0 Å². The smallest absolute Gasteiger partial charge is 0.0665 e. The number of fused-ring (bicyclic) bond motifs is 1. The van der Waals surface area contributed by atoms with Crippen molar-refractivity contribution in [3.05, 3.63) is 11.6 Å². The molecule has 0 N–H and O–H groups in total. The monoisotopic (exact) mass is 263 g/mol. The second kappa shape index (κ2) is 5.27. The Hall–Kier alpha value is -0.460. The summed E-state index contributed by atoms with van der Waals surface area (Å²) in [6, 6.07) is 0.373. The van der Waals surface area contributed by atoms with Crippen LogP contribution in [0, 0.1) is 23.2 Å². The second-order valence-electron chi connectivity index (χ2n) is 6.77. The highest BCUT2D eigenvalue weighted by Gasteiger charge is 2.50. The third-order valence-corrected chi connectivity index (χ3v) is 5.45. The van der Waals surface area contributed by atoms with Crippen molar-refractivity contribution >= 4 is 17.4 Å². The molecule has 2 aliphatic carbocycles. The molecule has 1 saturated carbocycles. The Morgan fingerprint density at radius 1 is 1.44 bits per heavy atom. The highest BCUT2D eigenvalue weighted by atomic mass is 32.1. The van der Waals surface area contributed by atoms with Crippen LogP contribution in [0.1, 0.15) is 53.4 Å². The molecule has 2 rings (SSSR count). The van der Waals surface area contributed by atoms with Gasteiger partial charge in [-0.1, -0.05) is 32.4 Å². The third kappa shape index (κ3) is 2.33. The first-order chi connectivity index (χ1) is 8.49. The van der Waals surface area contributed by atoms with E-state index in [1.807, 2.05) is 0 Å². The van der Waals surface area contributed by atoms with E-state index in [1.54, 1.807) is 5.57 Å². The summed E-state index contributed by atoms with van der Waals surface area (Å²) in [6.07, 6.45) is 7.49. The molecule has 0 aromatic rings. The first kappa shape index (κ1) is 14.0. The van der Waals surface area contributed by atoms with Gasteiger partial charge in [0, 0.05) is 0 Å². The highest BCUT2D eigenvalue weighted by Crippen LogP contribution is 2.55. The fourth-order valence-electron chi connectivity index (χ4n) is 4.12. The molecule has 0 unspecified atom stereocenters. The Morgan fingerprint density at radius 3 is 2.78 bits per heavy atom. The van der Waals surface area contributed by atoms with Crippen molar-refractivity contribution in [3.63, 3.8) is 0 Å². The maximum absolute atomic E-state index is 4.86. The molecule has 0 heterocycles. The van der Waals surface area contributed by atoms with Crippen LogP contribution in [0.2, 0.25) is 0 Å². The van der Waals surface area contributed by atoms with E-state index in [2.05, 4.69) is 43.9 Å². The maximum atomic E-state index is 4.86. The number of allylic oxidation sites excluding steroid dienone is 2. The Balaban J connectivity index is 2.39. The van der Waals surface area contributed by atoms with Crippen LogP contribution in [0.15, 0.2) is 16.6 Å².